The van der Waals surface area contributed by atoms with Gasteiger partial charge in [0.15, 0.2) is 10.8 Å². The maximum Gasteiger partial charge on any atom is 0.273 e. The molecule has 0 fully saturated rings. The fourth-order valence-electron chi connectivity index (χ4n) is 1.24. The normalized spacial score (nSPS) is 11.1. The predicted molar refractivity (Wildman–Crippen MR) is 73.0 cm³/mol. The minimum atomic E-state index is -0.724. The van der Waals surface area contributed by atoms with E-state index in [2.05, 4.69) is 22.4 Å². The van der Waals surface area contributed by atoms with Crippen LogP contribution in [0.1, 0.15) is 31.9 Å². The second kappa shape index (κ2) is 8.20. The number of carbonyl (C=O) groups is 2. The summed E-state index contributed by atoms with van der Waals surface area (Å²) in [5.41, 5.74) is 5.46. The van der Waals surface area contributed by atoms with Crippen LogP contribution in [0.15, 0.2) is 10.5 Å². The van der Waals surface area contributed by atoms with Gasteiger partial charge in [-0.15, -0.1) is 11.3 Å². The van der Waals surface area contributed by atoms with Gasteiger partial charge in [-0.25, -0.2) is 4.98 Å². The van der Waals surface area contributed by atoms with Crippen molar-refractivity contribution in [2.45, 2.75) is 26.2 Å². The molecule has 1 aromatic heterocycles. The Balaban J connectivity index is 2.67. The first-order chi connectivity index (χ1) is 9.19. The molecule has 3 N–H and O–H groups in total. The molecule has 1 heterocycles. The van der Waals surface area contributed by atoms with E-state index in [4.69, 9.17) is 10.6 Å². The monoisotopic (exact) mass is 284 g/mol. The number of carbonyl (C=O) groups excluding carboxylic acids is 2. The molecule has 0 radical (unpaired) electrons. The van der Waals surface area contributed by atoms with Gasteiger partial charge in [0.25, 0.3) is 5.91 Å². The average Bonchev–Trinajstić information content (AvgIpc) is 2.82. The first-order valence-electron chi connectivity index (χ1n) is 5.84. The summed E-state index contributed by atoms with van der Waals surface area (Å²) in [5, 5.41) is 8.03. The quantitative estimate of drug-likeness (QED) is 0.306. The van der Waals surface area contributed by atoms with Gasteiger partial charge in [0.05, 0.1) is 0 Å². The molecule has 0 saturated carbocycles. The van der Waals surface area contributed by atoms with E-state index in [0.29, 0.717) is 18.1 Å². The summed E-state index contributed by atoms with van der Waals surface area (Å²) in [6, 6.07) is 0. The second-order valence-corrected chi connectivity index (χ2v) is 4.50. The Hall–Kier alpha value is -1.96. The Morgan fingerprint density at radius 2 is 2.42 bits per heavy atom. The van der Waals surface area contributed by atoms with Crippen LogP contribution in [-0.2, 0) is 14.4 Å². The number of hydrogen-bond acceptors (Lipinski definition) is 6. The van der Waals surface area contributed by atoms with E-state index in [1.54, 1.807) is 5.38 Å². The number of amides is 2. The Morgan fingerprint density at radius 3 is 3.05 bits per heavy atom. The Morgan fingerprint density at radius 1 is 1.63 bits per heavy atom. The maximum absolute atomic E-state index is 11.3. The Labute approximate surface area is 114 Å². The molecule has 0 aliphatic carbocycles. The van der Waals surface area contributed by atoms with Gasteiger partial charge in [-0.2, -0.15) is 0 Å². The highest BCUT2D eigenvalue weighted by Gasteiger charge is 2.15. The highest BCUT2D eigenvalue weighted by molar-refractivity contribution is 7.14. The smallest absolute Gasteiger partial charge is 0.273 e. The molecule has 104 valence electrons. The summed E-state index contributed by atoms with van der Waals surface area (Å²) < 4.78 is 0. The number of nitrogens with two attached hydrogens (primary N) is 1. The number of rotatable bonds is 9. The van der Waals surface area contributed by atoms with Crippen LogP contribution in [0, 0.1) is 0 Å². The molecule has 0 unspecified atom stereocenters. The third-order valence-corrected chi connectivity index (χ3v) is 2.93. The molecule has 0 saturated heterocycles. The lowest BCUT2D eigenvalue weighted by Crippen LogP contribution is -2.25. The molecule has 0 aromatic carbocycles. The van der Waals surface area contributed by atoms with Crippen LogP contribution in [0.4, 0.5) is 5.13 Å². The van der Waals surface area contributed by atoms with E-state index in [1.807, 2.05) is 0 Å². The summed E-state index contributed by atoms with van der Waals surface area (Å²) in [5.74, 6) is -0.724. The van der Waals surface area contributed by atoms with Crippen LogP contribution in [0.5, 0.6) is 0 Å². The third-order valence-electron chi connectivity index (χ3n) is 2.16. The lowest BCUT2D eigenvalue weighted by Gasteiger charge is -2.00. The topological polar surface area (TPSA) is 107 Å². The van der Waals surface area contributed by atoms with Crippen molar-refractivity contribution in [3.05, 3.63) is 11.1 Å². The van der Waals surface area contributed by atoms with Gasteiger partial charge in [0, 0.05) is 5.38 Å². The molecule has 1 rings (SSSR count). The maximum atomic E-state index is 11.3. The molecule has 7 nitrogen and oxygen atoms in total. The molecule has 0 aliphatic rings. The largest absolute Gasteiger partial charge is 0.395 e. The summed E-state index contributed by atoms with van der Waals surface area (Å²) in [7, 11) is 0. The average molecular weight is 284 g/mol. The van der Waals surface area contributed by atoms with Gasteiger partial charge in [0.2, 0.25) is 6.41 Å². The SMILES string of the molecule is CCCCCO/N=C(\C(N)=O)c1csc(NC=O)n1. The van der Waals surface area contributed by atoms with Gasteiger partial charge in [-0.1, -0.05) is 24.9 Å². The molecule has 0 atom stereocenters. The van der Waals surface area contributed by atoms with Crippen LogP contribution in [0.25, 0.3) is 0 Å². The number of primary amides is 1. The number of nitrogens with zero attached hydrogens (tertiary/aromatic N) is 2. The van der Waals surface area contributed by atoms with E-state index in [0.717, 1.165) is 19.3 Å². The zero-order chi connectivity index (χ0) is 14.1. The van der Waals surface area contributed by atoms with Gasteiger partial charge < -0.3 is 15.9 Å². The highest BCUT2D eigenvalue weighted by atomic mass is 32.1. The van der Waals surface area contributed by atoms with Gasteiger partial charge in [0.1, 0.15) is 12.3 Å². The number of oxime groups is 1. The van der Waals surface area contributed by atoms with Crippen LogP contribution in [0.3, 0.4) is 0 Å². The first-order valence-corrected chi connectivity index (χ1v) is 6.72. The molecule has 0 spiro atoms. The third kappa shape index (κ3) is 5.04. The zero-order valence-electron chi connectivity index (χ0n) is 10.6. The van der Waals surface area contributed by atoms with E-state index in [9.17, 15) is 9.59 Å². The Bertz CT molecular complexity index is 459. The molecule has 0 aliphatic heterocycles. The molecule has 8 heteroatoms. The van der Waals surface area contributed by atoms with Crippen molar-refractivity contribution in [2.75, 3.05) is 11.9 Å². The number of nitrogens with one attached hydrogen (secondary N) is 1. The van der Waals surface area contributed by atoms with Crippen molar-refractivity contribution in [3.8, 4) is 0 Å². The van der Waals surface area contributed by atoms with Crippen molar-refractivity contribution in [2.24, 2.45) is 10.9 Å². The molecule has 2 amide bonds. The van der Waals surface area contributed by atoms with E-state index < -0.39 is 5.91 Å². The van der Waals surface area contributed by atoms with E-state index in [1.165, 1.54) is 11.3 Å². The van der Waals surface area contributed by atoms with Gasteiger partial charge >= 0.3 is 0 Å². The van der Waals surface area contributed by atoms with Crippen LogP contribution in [-0.4, -0.2) is 29.6 Å². The fraction of sp³-hybridized carbons (Fsp3) is 0.455. The zero-order valence-corrected chi connectivity index (χ0v) is 11.4. The number of aromatic nitrogens is 1. The number of hydrogen-bond donors (Lipinski definition) is 2. The number of anilines is 1. The van der Waals surface area contributed by atoms with Gasteiger partial charge in [-0.3, -0.25) is 9.59 Å². The molecule has 1 aromatic rings. The van der Waals surface area contributed by atoms with Crippen LogP contribution >= 0.6 is 11.3 Å². The Kier molecular flexibility index (Phi) is 6.51. The minimum absolute atomic E-state index is 0.0494. The lowest BCUT2D eigenvalue weighted by atomic mass is 10.3. The molecule has 19 heavy (non-hydrogen) atoms. The van der Waals surface area contributed by atoms with Crippen molar-refractivity contribution in [1.29, 1.82) is 0 Å². The van der Waals surface area contributed by atoms with Crippen molar-refractivity contribution >= 4 is 34.5 Å². The number of thiazole rings is 1. The van der Waals surface area contributed by atoms with Crippen LogP contribution in [0.2, 0.25) is 0 Å². The second-order valence-electron chi connectivity index (χ2n) is 3.64. The summed E-state index contributed by atoms with van der Waals surface area (Å²) in [4.78, 5) is 30.6. The van der Waals surface area contributed by atoms with Gasteiger partial charge in [-0.05, 0) is 6.42 Å². The predicted octanol–water partition coefficient (Wildman–Crippen LogP) is 1.11. The van der Waals surface area contributed by atoms with Crippen molar-refractivity contribution < 1.29 is 14.4 Å². The van der Waals surface area contributed by atoms with E-state index in [-0.39, 0.29) is 11.4 Å². The molecule has 0 bridgehead atoms. The first kappa shape index (κ1) is 15.1. The number of unbranched alkanes of at least 4 members (excludes halogenated alkanes) is 2. The van der Waals surface area contributed by atoms with Crippen LogP contribution < -0.4 is 11.1 Å². The lowest BCUT2D eigenvalue weighted by molar-refractivity contribution is -0.112. The van der Waals surface area contributed by atoms with Crippen molar-refractivity contribution in [3.63, 3.8) is 0 Å². The highest BCUT2D eigenvalue weighted by Crippen LogP contribution is 2.15. The van der Waals surface area contributed by atoms with E-state index >= 15 is 0 Å². The van der Waals surface area contributed by atoms with Crippen molar-refractivity contribution in [1.82, 2.24) is 4.98 Å². The summed E-state index contributed by atoms with van der Waals surface area (Å²) in [6.45, 7) is 2.50. The minimum Gasteiger partial charge on any atom is -0.395 e. The summed E-state index contributed by atoms with van der Waals surface area (Å²) >= 11 is 1.17. The summed E-state index contributed by atoms with van der Waals surface area (Å²) in [6.07, 6.45) is 3.47. The fourth-order valence-corrected chi connectivity index (χ4v) is 1.90. The molecular formula is C11H16N4O3S. The molecular weight excluding hydrogens is 268 g/mol. The standard InChI is InChI=1S/C11H16N4O3S/c1-2-3-4-5-18-15-9(10(12)17)8-6-19-11(14-8)13-7-16/h6-7H,2-5H2,1H3,(H2,12,17)(H,13,14,16)/b15-9-.